The molecule has 0 aliphatic carbocycles. The highest BCUT2D eigenvalue weighted by Crippen LogP contribution is 2.16. The first-order valence-corrected chi connectivity index (χ1v) is 7.39. The lowest BCUT2D eigenvalue weighted by molar-refractivity contribution is -0.687. The van der Waals surface area contributed by atoms with Crippen LogP contribution in [0.4, 0.5) is 0 Å². The van der Waals surface area contributed by atoms with Crippen LogP contribution in [0, 0.1) is 0 Å². The topological polar surface area (TPSA) is 3.88 Å². The maximum atomic E-state index is 3.52. The van der Waals surface area contributed by atoms with Gasteiger partial charge in [0.25, 0.3) is 0 Å². The molecule has 0 fully saturated rings. The van der Waals surface area contributed by atoms with Crippen LogP contribution in [0.1, 0.15) is 5.56 Å². The summed E-state index contributed by atoms with van der Waals surface area (Å²) in [4.78, 5) is 0. The number of benzene rings is 2. The number of aromatic nitrogens is 1. The highest BCUT2D eigenvalue weighted by Gasteiger charge is 2.06. The predicted octanol–water partition coefficient (Wildman–Crippen LogP) is 1.46. The molecule has 3 rings (SSSR count). The Bertz CT molecular complexity index is 713. The summed E-state index contributed by atoms with van der Waals surface area (Å²) in [7, 11) is 0. The van der Waals surface area contributed by atoms with E-state index in [0.29, 0.717) is 0 Å². The summed E-state index contributed by atoms with van der Waals surface area (Å²) in [5.74, 6) is 0. The molecule has 0 saturated carbocycles. The lowest BCUT2D eigenvalue weighted by Gasteiger charge is -2.02. The van der Waals surface area contributed by atoms with Crippen molar-refractivity contribution in [2.45, 2.75) is 6.54 Å². The van der Waals surface area contributed by atoms with Gasteiger partial charge in [0.05, 0.1) is 0 Å². The largest absolute Gasteiger partial charge is 1.00 e. The van der Waals surface area contributed by atoms with Crippen molar-refractivity contribution < 1.29 is 17.0 Å². The normalized spacial score (nSPS) is 9.95. The molecule has 0 N–H and O–H groups in total. The molecule has 21 heavy (non-hydrogen) atoms. The summed E-state index contributed by atoms with van der Waals surface area (Å²) < 4.78 is 3.33. The Morgan fingerprint density at radius 2 is 1.57 bits per heavy atom. The van der Waals surface area contributed by atoms with Gasteiger partial charge in [-0.05, 0) is 23.8 Å². The number of rotatable bonds is 3. The number of pyridine rings is 1. The zero-order valence-corrected chi connectivity index (χ0v) is 13.8. The second-order valence-corrected chi connectivity index (χ2v) is 5.68. The van der Waals surface area contributed by atoms with Crippen molar-refractivity contribution in [3.63, 3.8) is 0 Å². The average molecular weight is 361 g/mol. The van der Waals surface area contributed by atoms with Crippen LogP contribution in [0.5, 0.6) is 0 Å². The van der Waals surface area contributed by atoms with Crippen molar-refractivity contribution >= 4 is 15.9 Å². The van der Waals surface area contributed by atoms with Gasteiger partial charge < -0.3 is 12.4 Å². The molecule has 1 heterocycles. The van der Waals surface area contributed by atoms with Gasteiger partial charge in [-0.15, -0.1) is 0 Å². The molecule has 3 heteroatoms. The molecule has 0 aliphatic heterocycles. The molecule has 106 valence electrons. The zero-order valence-electron chi connectivity index (χ0n) is 11.4. The smallest absolute Gasteiger partial charge is 0.176 e. The van der Waals surface area contributed by atoms with E-state index in [-0.39, 0.29) is 12.4 Å². The standard InChI is InChI=1S/C18H15BrN.ClH/c19-18-10-4-6-15(12-18)13-20-11-5-9-17(14-20)16-7-2-1-3-8-16;/h1-12,14H,13H2;1H/q+1;/p-1. The van der Waals surface area contributed by atoms with Gasteiger partial charge in [0.15, 0.2) is 18.9 Å². The van der Waals surface area contributed by atoms with Gasteiger partial charge in [-0.25, -0.2) is 4.57 Å². The minimum atomic E-state index is 0. The van der Waals surface area contributed by atoms with Gasteiger partial charge >= 0.3 is 0 Å². The molecule has 1 nitrogen and oxygen atoms in total. The first-order chi connectivity index (χ1) is 9.81. The van der Waals surface area contributed by atoms with Crippen LogP contribution in [0.3, 0.4) is 0 Å². The first kappa shape index (κ1) is 15.7. The summed E-state index contributed by atoms with van der Waals surface area (Å²) in [5.41, 5.74) is 3.77. The van der Waals surface area contributed by atoms with Gasteiger partial charge in [-0.1, -0.05) is 58.4 Å². The maximum Gasteiger partial charge on any atom is 0.176 e. The van der Waals surface area contributed by atoms with Crippen molar-refractivity contribution in [3.05, 3.63) is 89.2 Å². The van der Waals surface area contributed by atoms with Crippen LogP contribution in [0.2, 0.25) is 0 Å². The minimum absolute atomic E-state index is 0. The molecule has 3 aromatic rings. The van der Waals surface area contributed by atoms with Gasteiger partial charge in [0, 0.05) is 21.7 Å². The number of halogens is 2. The monoisotopic (exact) mass is 359 g/mol. The van der Waals surface area contributed by atoms with E-state index in [1.54, 1.807) is 0 Å². The highest BCUT2D eigenvalue weighted by atomic mass is 79.9. The van der Waals surface area contributed by atoms with Crippen LogP contribution >= 0.6 is 15.9 Å². The third-order valence-electron chi connectivity index (χ3n) is 3.22. The third-order valence-corrected chi connectivity index (χ3v) is 3.71. The van der Waals surface area contributed by atoms with E-state index in [4.69, 9.17) is 0 Å². The number of nitrogens with zero attached hydrogens (tertiary/aromatic N) is 1. The SMILES string of the molecule is Brc1cccc(C[n+]2cccc(-c3ccccc3)c2)c1.[Cl-]. The lowest BCUT2D eigenvalue weighted by atomic mass is 10.1. The Kier molecular flexibility index (Phi) is 5.54. The molecule has 0 spiro atoms. The predicted molar refractivity (Wildman–Crippen MR) is 85.3 cm³/mol. The maximum absolute atomic E-state index is 3.52. The molecule has 1 aromatic heterocycles. The van der Waals surface area contributed by atoms with Crippen molar-refractivity contribution in [1.82, 2.24) is 0 Å². The lowest BCUT2D eigenvalue weighted by Crippen LogP contribution is -3.00. The van der Waals surface area contributed by atoms with E-state index in [1.165, 1.54) is 16.7 Å². The van der Waals surface area contributed by atoms with E-state index in [0.717, 1.165) is 11.0 Å². The Labute approximate surface area is 139 Å². The van der Waals surface area contributed by atoms with Gasteiger partial charge in [0.1, 0.15) is 0 Å². The first-order valence-electron chi connectivity index (χ1n) is 6.60. The summed E-state index contributed by atoms with van der Waals surface area (Å²) in [5, 5.41) is 0. The zero-order chi connectivity index (χ0) is 13.8. The quantitative estimate of drug-likeness (QED) is 0.623. The van der Waals surface area contributed by atoms with E-state index < -0.39 is 0 Å². The fourth-order valence-electron chi connectivity index (χ4n) is 2.27. The molecule has 0 amide bonds. The van der Waals surface area contributed by atoms with Crippen molar-refractivity contribution in [2.75, 3.05) is 0 Å². The van der Waals surface area contributed by atoms with Crippen molar-refractivity contribution in [1.29, 1.82) is 0 Å². The fourth-order valence-corrected chi connectivity index (χ4v) is 2.71. The molecular formula is C18H15BrClN. The summed E-state index contributed by atoms with van der Waals surface area (Å²) in [6.07, 6.45) is 4.30. The minimum Gasteiger partial charge on any atom is -1.00 e. The van der Waals surface area contributed by atoms with Crippen molar-refractivity contribution in [2.24, 2.45) is 0 Å². The Hall–Kier alpha value is -1.64. The van der Waals surface area contributed by atoms with E-state index >= 15 is 0 Å². The average Bonchev–Trinajstić information content (AvgIpc) is 2.48. The molecule has 0 saturated heterocycles. The van der Waals surface area contributed by atoms with Crippen LogP contribution in [0.25, 0.3) is 11.1 Å². The summed E-state index contributed by atoms with van der Waals surface area (Å²) >= 11 is 3.52. The Morgan fingerprint density at radius 1 is 0.810 bits per heavy atom. The third kappa shape index (κ3) is 4.16. The number of hydrogen-bond donors (Lipinski definition) is 0. The molecule has 2 aromatic carbocycles. The van der Waals surface area contributed by atoms with Crippen LogP contribution in [-0.2, 0) is 6.54 Å². The Balaban J connectivity index is 0.00000161. The molecular weight excluding hydrogens is 346 g/mol. The van der Waals surface area contributed by atoms with Gasteiger partial charge in [-0.2, -0.15) is 0 Å². The summed E-state index contributed by atoms with van der Waals surface area (Å²) in [6.45, 7) is 0.875. The van der Waals surface area contributed by atoms with E-state index in [9.17, 15) is 0 Å². The van der Waals surface area contributed by atoms with Crippen LogP contribution in [0.15, 0.2) is 83.6 Å². The molecule has 0 unspecified atom stereocenters. The molecule has 0 bridgehead atoms. The fraction of sp³-hybridized carbons (Fsp3) is 0.0556. The van der Waals surface area contributed by atoms with Crippen LogP contribution < -0.4 is 17.0 Å². The molecule has 0 atom stereocenters. The second kappa shape index (κ2) is 7.39. The number of hydrogen-bond acceptors (Lipinski definition) is 0. The molecule has 0 aliphatic rings. The second-order valence-electron chi connectivity index (χ2n) is 4.76. The molecule has 0 radical (unpaired) electrons. The van der Waals surface area contributed by atoms with Crippen molar-refractivity contribution in [3.8, 4) is 11.1 Å². The summed E-state index contributed by atoms with van der Waals surface area (Å²) in [6, 6.07) is 23.1. The van der Waals surface area contributed by atoms with Crippen LogP contribution in [-0.4, -0.2) is 0 Å². The van der Waals surface area contributed by atoms with Gasteiger partial charge in [-0.3, -0.25) is 0 Å². The van der Waals surface area contributed by atoms with Gasteiger partial charge in [0.2, 0.25) is 0 Å². The Morgan fingerprint density at radius 3 is 2.33 bits per heavy atom. The van der Waals surface area contributed by atoms with E-state index in [1.807, 2.05) is 6.07 Å². The van der Waals surface area contributed by atoms with E-state index in [2.05, 4.69) is 93.6 Å². The highest BCUT2D eigenvalue weighted by molar-refractivity contribution is 9.10.